The zero-order valence-corrected chi connectivity index (χ0v) is 22.0. The van der Waals surface area contributed by atoms with Gasteiger partial charge in [-0.3, -0.25) is 24.1 Å². The van der Waals surface area contributed by atoms with Gasteiger partial charge in [0.25, 0.3) is 0 Å². The molecule has 3 aliphatic heterocycles. The SMILES string of the molecule is CCN1CCN(C(=O)N[C@@H](C(=O)N[C@@H]2C(=O)N3[C@@H]2SC(C)(C)[C@@H]3C(=O)O)c2ccccc2)C(=O)C1=O.Cl. The van der Waals surface area contributed by atoms with Crippen LogP contribution in [0.1, 0.15) is 32.4 Å². The van der Waals surface area contributed by atoms with Gasteiger partial charge in [-0.15, -0.1) is 24.2 Å². The van der Waals surface area contributed by atoms with E-state index in [1.54, 1.807) is 51.1 Å². The number of nitrogens with one attached hydrogen (secondary N) is 2. The molecule has 3 fully saturated rings. The number of urea groups is 1. The van der Waals surface area contributed by atoms with Crippen LogP contribution >= 0.6 is 24.2 Å². The molecule has 6 amide bonds. The molecule has 3 saturated heterocycles. The molecule has 4 rings (SSSR count). The number of hydrogen-bond acceptors (Lipinski definition) is 7. The predicted molar refractivity (Wildman–Crippen MR) is 135 cm³/mol. The number of piperazine rings is 1. The van der Waals surface area contributed by atoms with Crippen LogP contribution in [0.3, 0.4) is 0 Å². The van der Waals surface area contributed by atoms with Crippen molar-refractivity contribution in [2.75, 3.05) is 19.6 Å². The van der Waals surface area contributed by atoms with Crippen molar-refractivity contribution in [3.63, 3.8) is 0 Å². The van der Waals surface area contributed by atoms with Crippen LogP contribution in [-0.2, 0) is 24.0 Å². The van der Waals surface area contributed by atoms with E-state index in [0.29, 0.717) is 12.1 Å². The maximum absolute atomic E-state index is 13.3. The molecule has 14 heteroatoms. The minimum absolute atomic E-state index is 0. The summed E-state index contributed by atoms with van der Waals surface area (Å²) in [5.74, 6) is -4.12. The molecule has 1 aromatic carbocycles. The predicted octanol–water partition coefficient (Wildman–Crippen LogP) is 0.182. The fourth-order valence-corrected chi connectivity index (χ4v) is 6.32. The molecule has 12 nitrogen and oxygen atoms in total. The van der Waals surface area contributed by atoms with Crippen LogP contribution in [0.25, 0.3) is 0 Å². The number of fused-ring (bicyclic) bond motifs is 1. The Morgan fingerprint density at radius 1 is 1.11 bits per heavy atom. The molecule has 4 atom stereocenters. The monoisotopic (exact) mass is 553 g/mol. The number of halogens is 1. The van der Waals surface area contributed by atoms with Gasteiger partial charge in [0.05, 0.1) is 0 Å². The minimum atomic E-state index is -1.26. The highest BCUT2D eigenvalue weighted by atomic mass is 35.5. The second-order valence-corrected chi connectivity index (χ2v) is 11.0. The standard InChI is InChI=1S/C23H27N5O7S.ClH/c1-4-26-10-11-27(19(32)18(26)31)22(35)25-13(12-8-6-5-7-9-12)16(29)24-14-17(30)28-15(21(33)34)23(2,3)36-20(14)28;/h5-9,13-15,20H,4,10-11H2,1-3H3,(H,24,29)(H,25,35)(H,33,34);1H/t13-,14-,15+,20-;/m1./s1. The summed E-state index contributed by atoms with van der Waals surface area (Å²) in [5, 5.41) is 14.2. The van der Waals surface area contributed by atoms with E-state index in [1.165, 1.54) is 21.6 Å². The number of carbonyl (C=O) groups excluding carboxylic acids is 5. The highest BCUT2D eigenvalue weighted by Crippen LogP contribution is 2.50. The van der Waals surface area contributed by atoms with Gasteiger partial charge < -0.3 is 25.5 Å². The van der Waals surface area contributed by atoms with Crippen LogP contribution in [0.4, 0.5) is 4.79 Å². The smallest absolute Gasteiger partial charge is 0.327 e. The van der Waals surface area contributed by atoms with E-state index in [0.717, 1.165) is 4.90 Å². The Morgan fingerprint density at radius 2 is 1.76 bits per heavy atom. The number of rotatable bonds is 6. The minimum Gasteiger partial charge on any atom is -0.480 e. The van der Waals surface area contributed by atoms with Gasteiger partial charge in [0.1, 0.15) is 23.5 Å². The lowest BCUT2D eigenvalue weighted by molar-refractivity contribution is -0.161. The first kappa shape index (κ1) is 28.3. The average Bonchev–Trinajstić information content (AvgIpc) is 3.10. The third-order valence-electron chi connectivity index (χ3n) is 6.57. The summed E-state index contributed by atoms with van der Waals surface area (Å²) in [4.78, 5) is 78.8. The number of carboxylic acids is 1. The first-order chi connectivity index (χ1) is 17.0. The molecule has 3 aliphatic rings. The maximum atomic E-state index is 13.3. The number of imide groups is 1. The Labute approximate surface area is 223 Å². The fraction of sp³-hybridized carbons (Fsp3) is 0.478. The summed E-state index contributed by atoms with van der Waals surface area (Å²) in [5.41, 5.74) is 0.403. The highest BCUT2D eigenvalue weighted by Gasteiger charge is 2.64. The molecule has 1 aromatic rings. The summed E-state index contributed by atoms with van der Waals surface area (Å²) in [7, 11) is 0. The van der Waals surface area contributed by atoms with E-state index in [9.17, 15) is 33.9 Å². The van der Waals surface area contributed by atoms with Gasteiger partial charge in [-0.25, -0.2) is 9.59 Å². The van der Waals surface area contributed by atoms with Crippen molar-refractivity contribution >= 4 is 59.8 Å². The summed E-state index contributed by atoms with van der Waals surface area (Å²) in [6, 6.07) is 4.11. The third-order valence-corrected chi connectivity index (χ3v) is 8.14. The summed E-state index contributed by atoms with van der Waals surface area (Å²) >= 11 is 1.28. The largest absolute Gasteiger partial charge is 0.480 e. The average molecular weight is 554 g/mol. The molecule has 3 N–H and O–H groups in total. The molecule has 0 aromatic heterocycles. The van der Waals surface area contributed by atoms with Gasteiger partial charge in [-0.2, -0.15) is 0 Å². The normalized spacial score (nSPS) is 25.0. The number of carboxylic acid groups (broad SMARTS) is 1. The number of aliphatic carboxylic acids is 1. The number of carbonyl (C=O) groups is 6. The van der Waals surface area contributed by atoms with E-state index in [1.807, 2.05) is 0 Å². The van der Waals surface area contributed by atoms with Crippen molar-refractivity contribution in [1.29, 1.82) is 0 Å². The molecular formula is C23H28ClN5O7S. The Kier molecular flexibility index (Phi) is 8.08. The van der Waals surface area contributed by atoms with E-state index in [4.69, 9.17) is 0 Å². The molecule has 3 heterocycles. The van der Waals surface area contributed by atoms with Crippen LogP contribution in [0.5, 0.6) is 0 Å². The second kappa shape index (κ2) is 10.6. The number of benzene rings is 1. The second-order valence-electron chi connectivity index (χ2n) is 9.22. The van der Waals surface area contributed by atoms with E-state index in [-0.39, 0.29) is 25.5 Å². The van der Waals surface area contributed by atoms with Crippen LogP contribution in [0, 0.1) is 0 Å². The summed E-state index contributed by atoms with van der Waals surface area (Å²) in [6.45, 7) is 5.67. The van der Waals surface area contributed by atoms with E-state index in [2.05, 4.69) is 10.6 Å². The Balaban J connectivity index is 0.00000380. The fourth-order valence-electron chi connectivity index (χ4n) is 4.70. The van der Waals surface area contributed by atoms with Gasteiger partial charge in [-0.05, 0) is 26.3 Å². The number of amides is 6. The van der Waals surface area contributed by atoms with Gasteiger partial charge in [0.15, 0.2) is 0 Å². The van der Waals surface area contributed by atoms with Crippen LogP contribution in [0.2, 0.25) is 0 Å². The summed E-state index contributed by atoms with van der Waals surface area (Å²) in [6.07, 6.45) is 0. The highest BCUT2D eigenvalue weighted by molar-refractivity contribution is 8.01. The molecule has 0 spiro atoms. The lowest BCUT2D eigenvalue weighted by Crippen LogP contribution is -2.71. The van der Waals surface area contributed by atoms with Crippen LogP contribution < -0.4 is 10.6 Å². The number of nitrogens with zero attached hydrogens (tertiary/aromatic N) is 3. The number of hydrogen-bond donors (Lipinski definition) is 3. The van der Waals surface area contributed by atoms with E-state index >= 15 is 0 Å². The number of β-lactam (4-membered cyclic amide) rings is 1. The van der Waals surface area contributed by atoms with Gasteiger partial charge in [-0.1, -0.05) is 30.3 Å². The molecule has 0 radical (unpaired) electrons. The van der Waals surface area contributed by atoms with Crippen molar-refractivity contribution in [2.24, 2.45) is 0 Å². The maximum Gasteiger partial charge on any atom is 0.327 e. The first-order valence-electron chi connectivity index (χ1n) is 11.5. The van der Waals surface area contributed by atoms with Crippen molar-refractivity contribution in [1.82, 2.24) is 25.3 Å². The first-order valence-corrected chi connectivity index (χ1v) is 12.3. The molecule has 0 saturated carbocycles. The number of likely N-dealkylation sites (N-methyl/N-ethyl adjacent to an activating group) is 1. The van der Waals surface area contributed by atoms with Crippen molar-refractivity contribution in [3.05, 3.63) is 35.9 Å². The third kappa shape index (κ3) is 4.97. The van der Waals surface area contributed by atoms with Crippen LogP contribution in [0.15, 0.2) is 30.3 Å². The zero-order chi connectivity index (χ0) is 26.4. The molecule has 0 unspecified atom stereocenters. The molecule has 37 heavy (non-hydrogen) atoms. The summed E-state index contributed by atoms with van der Waals surface area (Å²) < 4.78 is -0.758. The van der Waals surface area contributed by atoms with Crippen molar-refractivity contribution in [3.8, 4) is 0 Å². The quantitative estimate of drug-likeness (QED) is 0.333. The van der Waals surface area contributed by atoms with Crippen LogP contribution in [-0.4, -0.2) is 97.3 Å². The van der Waals surface area contributed by atoms with Gasteiger partial charge in [0.2, 0.25) is 11.8 Å². The van der Waals surface area contributed by atoms with Crippen molar-refractivity contribution < 1.29 is 33.9 Å². The lowest BCUT2D eigenvalue weighted by Gasteiger charge is -2.44. The molecule has 200 valence electrons. The zero-order valence-electron chi connectivity index (χ0n) is 20.4. The van der Waals surface area contributed by atoms with Crippen molar-refractivity contribution in [2.45, 2.75) is 49.0 Å². The molecular weight excluding hydrogens is 526 g/mol. The lowest BCUT2D eigenvalue weighted by atomic mass is 9.95. The van der Waals surface area contributed by atoms with Gasteiger partial charge in [0, 0.05) is 24.4 Å². The van der Waals surface area contributed by atoms with E-state index < -0.39 is 63.9 Å². The topological polar surface area (TPSA) is 156 Å². The van der Waals surface area contributed by atoms with Gasteiger partial charge >= 0.3 is 23.8 Å². The Morgan fingerprint density at radius 3 is 2.35 bits per heavy atom. The molecule has 0 bridgehead atoms. The Hall–Kier alpha value is -3.32. The number of thioether (sulfide) groups is 1. The molecule has 0 aliphatic carbocycles. The Bertz CT molecular complexity index is 1130.